The number of nitrogens with two attached hydrogens (primary N) is 1. The number of hydrogen-bond donors (Lipinski definition) is 4. The van der Waals surface area contributed by atoms with E-state index in [0.717, 1.165) is 16.6 Å². The first kappa shape index (κ1) is 23.5. The van der Waals surface area contributed by atoms with Crippen molar-refractivity contribution in [2.45, 2.75) is 39.4 Å². The monoisotopic (exact) mass is 480 g/mol. The first-order valence-electron chi connectivity index (χ1n) is 10.8. The van der Waals surface area contributed by atoms with Gasteiger partial charge in [0.15, 0.2) is 0 Å². The molecular formula is C22H27F3N6OS. The molecule has 1 saturated carbocycles. The van der Waals surface area contributed by atoms with Crippen molar-refractivity contribution in [3.8, 4) is 10.6 Å². The maximum absolute atomic E-state index is 12.8. The molecule has 0 unspecified atom stereocenters. The maximum Gasteiger partial charge on any atom is 0.405 e. The SMILES string of the molecule is Cc1nc(NCC(F)(F)F)nc(N[C@@H]2C[C@H](CO)[C@@H](C)[C@H]2C)c1-c1nc2cc(N)ccc2s1. The summed E-state index contributed by atoms with van der Waals surface area (Å²) in [6.45, 7) is 4.81. The van der Waals surface area contributed by atoms with Crippen LogP contribution in [-0.4, -0.2) is 45.4 Å². The van der Waals surface area contributed by atoms with Crippen molar-refractivity contribution in [3.05, 3.63) is 23.9 Å². The second kappa shape index (κ2) is 8.94. The minimum atomic E-state index is -4.39. The Kier molecular flexibility index (Phi) is 6.37. The fourth-order valence-corrected chi connectivity index (χ4v) is 5.45. The molecule has 2 aromatic heterocycles. The van der Waals surface area contributed by atoms with E-state index in [-0.39, 0.29) is 30.4 Å². The van der Waals surface area contributed by atoms with Crippen molar-refractivity contribution in [2.75, 3.05) is 29.5 Å². The number of rotatable bonds is 6. The van der Waals surface area contributed by atoms with E-state index >= 15 is 0 Å². The summed E-state index contributed by atoms with van der Waals surface area (Å²) in [4.78, 5) is 13.4. The molecule has 0 bridgehead atoms. The van der Waals surface area contributed by atoms with Gasteiger partial charge in [0.2, 0.25) is 5.95 Å². The molecule has 3 aromatic rings. The number of hydrogen-bond acceptors (Lipinski definition) is 8. The van der Waals surface area contributed by atoms with Crippen molar-refractivity contribution in [2.24, 2.45) is 17.8 Å². The molecule has 2 heterocycles. The van der Waals surface area contributed by atoms with Crippen molar-refractivity contribution in [1.29, 1.82) is 0 Å². The zero-order chi connectivity index (χ0) is 23.9. The number of aliphatic hydroxyl groups excluding tert-OH is 1. The van der Waals surface area contributed by atoms with Crippen LogP contribution in [0, 0.1) is 24.7 Å². The number of benzene rings is 1. The highest BCUT2D eigenvalue weighted by Gasteiger charge is 2.38. The predicted molar refractivity (Wildman–Crippen MR) is 125 cm³/mol. The van der Waals surface area contributed by atoms with E-state index in [1.54, 1.807) is 19.1 Å². The fourth-order valence-electron chi connectivity index (χ4n) is 4.40. The number of nitrogen functional groups attached to an aromatic ring is 1. The van der Waals surface area contributed by atoms with Crippen LogP contribution in [0.1, 0.15) is 26.0 Å². The van der Waals surface area contributed by atoms with Crippen LogP contribution in [0.5, 0.6) is 0 Å². The lowest BCUT2D eigenvalue weighted by atomic mass is 9.92. The molecule has 0 saturated heterocycles. The third-order valence-electron chi connectivity index (χ3n) is 6.48. The number of aliphatic hydroxyl groups is 1. The van der Waals surface area contributed by atoms with Gasteiger partial charge in [-0.25, -0.2) is 9.97 Å². The zero-order valence-electron chi connectivity index (χ0n) is 18.6. The molecule has 11 heteroatoms. The number of nitrogens with zero attached hydrogens (tertiary/aromatic N) is 3. The van der Waals surface area contributed by atoms with E-state index < -0.39 is 12.7 Å². The number of aryl methyl sites for hydroxylation is 1. The molecule has 0 spiro atoms. The smallest absolute Gasteiger partial charge is 0.399 e. The van der Waals surface area contributed by atoms with E-state index in [0.29, 0.717) is 33.7 Å². The van der Waals surface area contributed by atoms with Gasteiger partial charge in [0.25, 0.3) is 0 Å². The molecule has 1 aliphatic carbocycles. The lowest BCUT2D eigenvalue weighted by molar-refractivity contribution is -0.115. The summed E-state index contributed by atoms with van der Waals surface area (Å²) >= 11 is 1.45. The Morgan fingerprint density at radius 2 is 1.94 bits per heavy atom. The lowest BCUT2D eigenvalue weighted by Crippen LogP contribution is -2.26. The van der Waals surface area contributed by atoms with Crippen molar-refractivity contribution in [3.63, 3.8) is 0 Å². The van der Waals surface area contributed by atoms with Gasteiger partial charge in [-0.2, -0.15) is 18.2 Å². The molecule has 1 aliphatic rings. The fraction of sp³-hybridized carbons (Fsp3) is 0.500. The van der Waals surface area contributed by atoms with Gasteiger partial charge in [-0.05, 0) is 49.3 Å². The van der Waals surface area contributed by atoms with Crippen LogP contribution < -0.4 is 16.4 Å². The molecule has 0 radical (unpaired) electrons. The van der Waals surface area contributed by atoms with E-state index in [1.165, 1.54) is 11.3 Å². The van der Waals surface area contributed by atoms with Crippen molar-refractivity contribution < 1.29 is 18.3 Å². The molecular weight excluding hydrogens is 453 g/mol. The Balaban J connectivity index is 1.75. The second-order valence-corrected chi connectivity index (χ2v) is 9.75. The van der Waals surface area contributed by atoms with Gasteiger partial charge in [-0.3, -0.25) is 0 Å². The Hall–Kier alpha value is -2.66. The Morgan fingerprint density at radius 1 is 1.18 bits per heavy atom. The number of anilines is 3. The van der Waals surface area contributed by atoms with Gasteiger partial charge in [-0.1, -0.05) is 13.8 Å². The van der Waals surface area contributed by atoms with Gasteiger partial charge in [0.05, 0.1) is 21.5 Å². The summed E-state index contributed by atoms with van der Waals surface area (Å²) in [6.07, 6.45) is -3.65. The van der Waals surface area contributed by atoms with Crippen LogP contribution in [0.3, 0.4) is 0 Å². The largest absolute Gasteiger partial charge is 0.405 e. The number of thiazole rings is 1. The van der Waals surface area contributed by atoms with E-state index in [2.05, 4.69) is 34.4 Å². The summed E-state index contributed by atoms with van der Waals surface area (Å²) in [6, 6.07) is 5.48. The van der Waals surface area contributed by atoms with Gasteiger partial charge < -0.3 is 21.5 Å². The van der Waals surface area contributed by atoms with Crippen LogP contribution >= 0.6 is 11.3 Å². The highest BCUT2D eigenvalue weighted by molar-refractivity contribution is 7.21. The lowest BCUT2D eigenvalue weighted by Gasteiger charge is -2.22. The topological polar surface area (TPSA) is 109 Å². The molecule has 178 valence electrons. The van der Waals surface area contributed by atoms with Gasteiger partial charge in [0, 0.05) is 18.3 Å². The number of fused-ring (bicyclic) bond motifs is 1. The van der Waals surface area contributed by atoms with E-state index in [9.17, 15) is 18.3 Å². The maximum atomic E-state index is 12.8. The average Bonchev–Trinajstić information content (AvgIpc) is 3.26. The van der Waals surface area contributed by atoms with E-state index in [4.69, 9.17) is 10.7 Å². The molecule has 4 atom stereocenters. The second-order valence-electron chi connectivity index (χ2n) is 8.72. The molecule has 4 rings (SSSR count). The molecule has 5 N–H and O–H groups in total. The Labute approximate surface area is 193 Å². The van der Waals surface area contributed by atoms with Crippen molar-refractivity contribution >= 4 is 39.0 Å². The molecule has 7 nitrogen and oxygen atoms in total. The average molecular weight is 481 g/mol. The quantitative estimate of drug-likeness (QED) is 0.379. The highest BCUT2D eigenvalue weighted by atomic mass is 32.1. The van der Waals surface area contributed by atoms with Crippen LogP contribution in [0.15, 0.2) is 18.2 Å². The predicted octanol–water partition coefficient (Wildman–Crippen LogP) is 4.68. The number of aromatic nitrogens is 3. The summed E-state index contributed by atoms with van der Waals surface area (Å²) in [5.41, 5.74) is 8.40. The molecule has 0 aliphatic heterocycles. The summed E-state index contributed by atoms with van der Waals surface area (Å²) in [5.74, 6) is 1.02. The first-order valence-corrected chi connectivity index (χ1v) is 11.6. The third kappa shape index (κ3) is 4.98. The Morgan fingerprint density at radius 3 is 2.61 bits per heavy atom. The molecule has 1 fully saturated rings. The molecule has 0 amide bonds. The van der Waals surface area contributed by atoms with Crippen LogP contribution in [-0.2, 0) is 0 Å². The highest BCUT2D eigenvalue weighted by Crippen LogP contribution is 2.41. The van der Waals surface area contributed by atoms with Gasteiger partial charge in [-0.15, -0.1) is 11.3 Å². The summed E-state index contributed by atoms with van der Waals surface area (Å²) < 4.78 is 39.2. The van der Waals surface area contributed by atoms with Gasteiger partial charge in [0.1, 0.15) is 17.4 Å². The summed E-state index contributed by atoms with van der Waals surface area (Å²) in [5, 5.41) is 16.1. The Bertz CT molecular complexity index is 1150. The minimum Gasteiger partial charge on any atom is -0.399 e. The van der Waals surface area contributed by atoms with Crippen LogP contribution in [0.2, 0.25) is 0 Å². The van der Waals surface area contributed by atoms with Gasteiger partial charge >= 0.3 is 6.18 Å². The normalized spacial score (nSPS) is 23.2. The number of nitrogens with one attached hydrogen (secondary N) is 2. The molecule has 33 heavy (non-hydrogen) atoms. The standard InChI is InChI=1S/C22H27F3N6OS/c1-10-11(2)15(6-13(10)8-32)29-19-18(12(3)28-21(31-19)27-9-22(23,24)25)20-30-16-7-14(26)4-5-17(16)33-20/h4-5,7,10-11,13,15,32H,6,8-9,26H2,1-3H3,(H2,27,28,29,31)/t10-,11+,13+,15+/m0/s1. The molecule has 1 aromatic carbocycles. The third-order valence-corrected chi connectivity index (χ3v) is 7.54. The summed E-state index contributed by atoms with van der Waals surface area (Å²) in [7, 11) is 0. The van der Waals surface area contributed by atoms with Crippen LogP contribution in [0.25, 0.3) is 20.8 Å². The van der Waals surface area contributed by atoms with Crippen LogP contribution in [0.4, 0.5) is 30.6 Å². The number of halogens is 3. The minimum absolute atomic E-state index is 0.00527. The van der Waals surface area contributed by atoms with Crippen molar-refractivity contribution in [1.82, 2.24) is 15.0 Å². The van der Waals surface area contributed by atoms with E-state index in [1.807, 2.05) is 6.07 Å². The number of alkyl halides is 3. The first-order chi connectivity index (χ1) is 15.6. The zero-order valence-corrected chi connectivity index (χ0v) is 19.4.